The maximum Gasteiger partial charge on any atom is 0.268 e. The Hall–Kier alpha value is -1.14. The molecule has 0 radical (unpaired) electrons. The molecule has 1 aliphatic rings. The molecular formula is C11H23N5O. The molecule has 0 aromatic heterocycles. The number of hydrazine groups is 2. The van der Waals surface area contributed by atoms with E-state index in [1.807, 2.05) is 6.92 Å². The van der Waals surface area contributed by atoms with Crippen LogP contribution in [0.25, 0.3) is 0 Å². The first-order valence-corrected chi connectivity index (χ1v) is 6.23. The van der Waals surface area contributed by atoms with Gasteiger partial charge in [0.2, 0.25) is 0 Å². The Morgan fingerprint density at radius 2 is 2.00 bits per heavy atom. The van der Waals surface area contributed by atoms with Crippen molar-refractivity contribution in [2.24, 2.45) is 16.9 Å². The molecule has 1 unspecified atom stereocenters. The Kier molecular flexibility index (Phi) is 4.89. The number of nitrogens with zero attached hydrogens (tertiary/aromatic N) is 3. The van der Waals surface area contributed by atoms with Crippen molar-refractivity contribution in [3.8, 4) is 0 Å². The largest absolute Gasteiger partial charge is 0.270 e. The molecule has 1 aliphatic heterocycles. The molecule has 0 fully saturated rings. The van der Waals surface area contributed by atoms with Crippen LogP contribution in [0.1, 0.15) is 40.0 Å². The fourth-order valence-corrected chi connectivity index (χ4v) is 2.18. The molecule has 0 aromatic rings. The molecule has 98 valence electrons. The number of carbonyl (C=O) groups is 1. The summed E-state index contributed by atoms with van der Waals surface area (Å²) in [7, 11) is 1.77. The van der Waals surface area contributed by atoms with Gasteiger partial charge in [-0.2, -0.15) is 0 Å². The fraction of sp³-hybridized carbons (Fsp3) is 0.818. The molecule has 17 heavy (non-hydrogen) atoms. The van der Waals surface area contributed by atoms with Gasteiger partial charge in [-0.3, -0.25) is 4.79 Å². The van der Waals surface area contributed by atoms with Gasteiger partial charge in [0.05, 0.1) is 0 Å². The number of nitrogens with one attached hydrogen (secondary N) is 1. The zero-order valence-electron chi connectivity index (χ0n) is 11.1. The number of carbonyl (C=O) groups excluding carboxylic acids is 1. The second-order valence-electron chi connectivity index (χ2n) is 4.17. The van der Waals surface area contributed by atoms with Crippen molar-refractivity contribution in [2.75, 3.05) is 7.05 Å². The van der Waals surface area contributed by atoms with Gasteiger partial charge in [-0.15, -0.1) is 5.10 Å². The lowest BCUT2D eigenvalue weighted by molar-refractivity contribution is -0.139. The smallest absolute Gasteiger partial charge is 0.268 e. The Morgan fingerprint density at radius 3 is 2.41 bits per heavy atom. The number of nitrogens with two attached hydrogens (primary N) is 1. The molecule has 0 saturated heterocycles. The van der Waals surface area contributed by atoms with Crippen LogP contribution in [-0.4, -0.2) is 35.0 Å². The number of rotatable bonds is 5. The molecule has 0 bridgehead atoms. The average Bonchev–Trinajstić information content (AvgIpc) is 2.36. The van der Waals surface area contributed by atoms with E-state index in [0.29, 0.717) is 12.3 Å². The van der Waals surface area contributed by atoms with Gasteiger partial charge < -0.3 is 0 Å². The van der Waals surface area contributed by atoms with Gasteiger partial charge >= 0.3 is 0 Å². The van der Waals surface area contributed by atoms with Crippen LogP contribution in [0.3, 0.4) is 0 Å². The quantitative estimate of drug-likeness (QED) is 0.548. The highest BCUT2D eigenvalue weighted by atomic mass is 16.2. The molecule has 6 nitrogen and oxygen atoms in total. The minimum atomic E-state index is -0.310. The first-order chi connectivity index (χ1) is 8.10. The maximum absolute atomic E-state index is 12.3. The van der Waals surface area contributed by atoms with Crippen LogP contribution in [0.15, 0.2) is 5.10 Å². The van der Waals surface area contributed by atoms with Crippen molar-refractivity contribution in [3.63, 3.8) is 0 Å². The average molecular weight is 241 g/mol. The standard InChI is InChI=1S/C11H23N5O/c1-5-8(6-2)10-11(17)15(12)9(7-3)14-16(10)13-4/h8,10,13H,5-7,12H2,1-4H3. The Bertz CT molecular complexity index is 300. The van der Waals surface area contributed by atoms with Gasteiger partial charge in [0, 0.05) is 13.5 Å². The summed E-state index contributed by atoms with van der Waals surface area (Å²) >= 11 is 0. The normalized spacial score (nSPS) is 21.2. The topological polar surface area (TPSA) is 74.0 Å². The van der Waals surface area contributed by atoms with Crippen molar-refractivity contribution in [3.05, 3.63) is 0 Å². The lowest BCUT2D eigenvalue weighted by Crippen LogP contribution is -2.61. The van der Waals surface area contributed by atoms with E-state index in [1.165, 1.54) is 5.01 Å². The minimum absolute atomic E-state index is 0.0834. The third-order valence-corrected chi connectivity index (χ3v) is 3.30. The highest BCUT2D eigenvalue weighted by molar-refractivity contribution is 6.01. The van der Waals surface area contributed by atoms with Crippen molar-refractivity contribution in [1.29, 1.82) is 0 Å². The number of amidine groups is 1. The van der Waals surface area contributed by atoms with E-state index >= 15 is 0 Å². The lowest BCUT2D eigenvalue weighted by Gasteiger charge is -2.39. The number of amides is 1. The molecule has 0 saturated carbocycles. The predicted octanol–water partition coefficient (Wildman–Crippen LogP) is 0.667. The lowest BCUT2D eigenvalue weighted by atomic mass is 9.93. The Balaban J connectivity index is 3.04. The minimum Gasteiger partial charge on any atom is -0.270 e. The van der Waals surface area contributed by atoms with Gasteiger partial charge in [0.25, 0.3) is 5.91 Å². The highest BCUT2D eigenvalue weighted by Gasteiger charge is 2.38. The first kappa shape index (κ1) is 13.9. The van der Waals surface area contributed by atoms with Gasteiger partial charge in [-0.05, 0) is 5.92 Å². The summed E-state index contributed by atoms with van der Waals surface area (Å²) in [6.07, 6.45) is 2.49. The van der Waals surface area contributed by atoms with E-state index in [9.17, 15) is 4.79 Å². The summed E-state index contributed by atoms with van der Waals surface area (Å²) in [5.74, 6) is 6.55. The van der Waals surface area contributed by atoms with Crippen molar-refractivity contribution < 1.29 is 4.79 Å². The molecule has 1 amide bonds. The molecule has 0 aromatic carbocycles. The fourth-order valence-electron chi connectivity index (χ4n) is 2.18. The predicted molar refractivity (Wildman–Crippen MR) is 67.5 cm³/mol. The van der Waals surface area contributed by atoms with Crippen molar-refractivity contribution in [1.82, 2.24) is 15.6 Å². The van der Waals surface area contributed by atoms with E-state index in [2.05, 4.69) is 24.4 Å². The molecule has 0 aliphatic carbocycles. The molecule has 6 heteroatoms. The van der Waals surface area contributed by atoms with E-state index in [-0.39, 0.29) is 17.9 Å². The van der Waals surface area contributed by atoms with Crippen molar-refractivity contribution in [2.45, 2.75) is 46.1 Å². The SMILES string of the molecule is CCC1=NN(NC)C(C(CC)CC)C(=O)N1N. The molecular weight excluding hydrogens is 218 g/mol. The summed E-state index contributed by atoms with van der Waals surface area (Å²) in [6.45, 7) is 6.08. The monoisotopic (exact) mass is 241 g/mol. The molecule has 1 heterocycles. The third kappa shape index (κ3) is 2.58. The number of hydrogen-bond acceptors (Lipinski definition) is 5. The van der Waals surface area contributed by atoms with Crippen LogP contribution < -0.4 is 11.3 Å². The highest BCUT2D eigenvalue weighted by Crippen LogP contribution is 2.22. The van der Waals surface area contributed by atoms with Crippen LogP contribution >= 0.6 is 0 Å². The zero-order chi connectivity index (χ0) is 13.0. The van der Waals surface area contributed by atoms with Crippen LogP contribution in [0.2, 0.25) is 0 Å². The second kappa shape index (κ2) is 5.97. The van der Waals surface area contributed by atoms with Crippen molar-refractivity contribution >= 4 is 11.7 Å². The van der Waals surface area contributed by atoms with Gasteiger partial charge in [0.15, 0.2) is 0 Å². The van der Waals surface area contributed by atoms with Gasteiger partial charge in [-0.1, -0.05) is 33.6 Å². The summed E-state index contributed by atoms with van der Waals surface area (Å²) in [5, 5.41) is 7.20. The Labute approximate surface area is 103 Å². The molecule has 1 rings (SSSR count). The second-order valence-corrected chi connectivity index (χ2v) is 4.17. The van der Waals surface area contributed by atoms with Crippen LogP contribution in [-0.2, 0) is 4.79 Å². The van der Waals surface area contributed by atoms with E-state index < -0.39 is 0 Å². The molecule has 0 spiro atoms. The van der Waals surface area contributed by atoms with E-state index in [0.717, 1.165) is 12.8 Å². The van der Waals surface area contributed by atoms with Crippen LogP contribution in [0, 0.1) is 5.92 Å². The van der Waals surface area contributed by atoms with E-state index in [4.69, 9.17) is 5.84 Å². The molecule has 3 N–H and O–H groups in total. The Morgan fingerprint density at radius 1 is 1.41 bits per heavy atom. The summed E-state index contributed by atoms with van der Waals surface area (Å²) in [6, 6.07) is -0.310. The zero-order valence-corrected chi connectivity index (χ0v) is 11.1. The molecule has 1 atom stereocenters. The van der Waals surface area contributed by atoms with Crippen LogP contribution in [0.5, 0.6) is 0 Å². The van der Waals surface area contributed by atoms with Gasteiger partial charge in [-0.25, -0.2) is 21.4 Å². The number of hydrogen-bond donors (Lipinski definition) is 2. The third-order valence-electron chi connectivity index (χ3n) is 3.30. The summed E-state index contributed by atoms with van der Waals surface area (Å²) in [5.41, 5.74) is 2.96. The summed E-state index contributed by atoms with van der Waals surface area (Å²) < 4.78 is 0. The van der Waals surface area contributed by atoms with Crippen LogP contribution in [0.4, 0.5) is 0 Å². The van der Waals surface area contributed by atoms with Gasteiger partial charge in [0.1, 0.15) is 11.9 Å². The first-order valence-electron chi connectivity index (χ1n) is 6.23. The number of hydrazone groups is 1. The summed E-state index contributed by atoms with van der Waals surface area (Å²) in [4.78, 5) is 12.3. The van der Waals surface area contributed by atoms with E-state index in [1.54, 1.807) is 12.2 Å². The maximum atomic E-state index is 12.3.